The first-order valence-electron chi connectivity index (χ1n) is 9.84. The Hall–Kier alpha value is -2.63. The third-order valence-electron chi connectivity index (χ3n) is 5.28. The van der Waals surface area contributed by atoms with Gasteiger partial charge in [-0.1, -0.05) is 41.9 Å². The molecular weight excluding hydrogens is 386 g/mol. The molecule has 0 radical (unpaired) electrons. The van der Waals surface area contributed by atoms with Crippen molar-refractivity contribution in [2.75, 3.05) is 20.3 Å². The number of rotatable bonds is 5. The molecule has 0 spiro atoms. The van der Waals surface area contributed by atoms with Gasteiger partial charge in [0.05, 0.1) is 11.4 Å². The summed E-state index contributed by atoms with van der Waals surface area (Å²) in [4.78, 5) is 14.7. The van der Waals surface area contributed by atoms with E-state index in [1.165, 1.54) is 0 Å². The van der Waals surface area contributed by atoms with Gasteiger partial charge < -0.3 is 9.64 Å². The normalized spacial score (nSPS) is 14.7. The van der Waals surface area contributed by atoms with Crippen LogP contribution in [0.3, 0.4) is 0 Å². The SMILES string of the molecule is CN(Cc1cn(-c2ccccc2)nc1-c1ccc(Cl)cc1)C(=O)C1CCOCC1. The highest BCUT2D eigenvalue weighted by Crippen LogP contribution is 2.27. The molecule has 1 saturated heterocycles. The van der Waals surface area contributed by atoms with E-state index in [0.29, 0.717) is 24.8 Å². The van der Waals surface area contributed by atoms with Crippen molar-refractivity contribution in [3.05, 3.63) is 71.4 Å². The average Bonchev–Trinajstić information content (AvgIpc) is 3.18. The van der Waals surface area contributed by atoms with Gasteiger partial charge in [-0.15, -0.1) is 0 Å². The van der Waals surface area contributed by atoms with E-state index in [9.17, 15) is 4.79 Å². The van der Waals surface area contributed by atoms with Crippen LogP contribution in [0.15, 0.2) is 60.8 Å². The Labute approximate surface area is 175 Å². The zero-order valence-corrected chi connectivity index (χ0v) is 17.2. The highest BCUT2D eigenvalue weighted by Gasteiger charge is 2.25. The molecule has 4 rings (SSSR count). The Morgan fingerprint density at radius 2 is 1.83 bits per heavy atom. The molecule has 3 aromatic rings. The summed E-state index contributed by atoms with van der Waals surface area (Å²) in [6, 6.07) is 17.6. The molecule has 2 heterocycles. The van der Waals surface area contributed by atoms with Crippen molar-refractivity contribution in [2.45, 2.75) is 19.4 Å². The molecule has 0 N–H and O–H groups in total. The maximum atomic E-state index is 12.9. The van der Waals surface area contributed by atoms with E-state index in [-0.39, 0.29) is 11.8 Å². The first-order chi connectivity index (χ1) is 14.1. The van der Waals surface area contributed by atoms with Crippen molar-refractivity contribution in [2.24, 2.45) is 5.92 Å². The van der Waals surface area contributed by atoms with Crippen molar-refractivity contribution in [1.29, 1.82) is 0 Å². The van der Waals surface area contributed by atoms with E-state index < -0.39 is 0 Å². The lowest BCUT2D eigenvalue weighted by Gasteiger charge is -2.26. The summed E-state index contributed by atoms with van der Waals surface area (Å²) in [6.45, 7) is 1.82. The molecule has 1 fully saturated rings. The molecule has 29 heavy (non-hydrogen) atoms. The quantitative estimate of drug-likeness (QED) is 0.619. The second-order valence-corrected chi connectivity index (χ2v) is 7.81. The third kappa shape index (κ3) is 4.52. The molecule has 0 saturated carbocycles. The number of hydrogen-bond acceptors (Lipinski definition) is 3. The van der Waals surface area contributed by atoms with Crippen LogP contribution in [0, 0.1) is 5.92 Å². The molecule has 1 aliphatic heterocycles. The maximum Gasteiger partial charge on any atom is 0.225 e. The second-order valence-electron chi connectivity index (χ2n) is 7.37. The monoisotopic (exact) mass is 409 g/mol. The van der Waals surface area contributed by atoms with E-state index in [1.54, 1.807) is 0 Å². The lowest BCUT2D eigenvalue weighted by molar-refractivity contribution is -0.137. The van der Waals surface area contributed by atoms with Crippen LogP contribution in [0.25, 0.3) is 16.9 Å². The predicted molar refractivity (Wildman–Crippen MR) is 114 cm³/mol. The molecular formula is C23H24ClN3O2. The molecule has 1 aromatic heterocycles. The summed E-state index contributed by atoms with van der Waals surface area (Å²) in [5.74, 6) is 0.208. The Bertz CT molecular complexity index is 964. The van der Waals surface area contributed by atoms with Gasteiger partial charge in [-0.3, -0.25) is 4.79 Å². The van der Waals surface area contributed by atoms with Crippen LogP contribution in [0.5, 0.6) is 0 Å². The maximum absolute atomic E-state index is 12.9. The number of nitrogens with zero attached hydrogens (tertiary/aromatic N) is 3. The average molecular weight is 410 g/mol. The van der Waals surface area contributed by atoms with Crippen molar-refractivity contribution in [1.82, 2.24) is 14.7 Å². The molecule has 0 aliphatic carbocycles. The van der Waals surface area contributed by atoms with Crippen LogP contribution in [-0.4, -0.2) is 40.8 Å². The minimum atomic E-state index is 0.0388. The topological polar surface area (TPSA) is 47.4 Å². The van der Waals surface area contributed by atoms with Gasteiger partial charge in [0.1, 0.15) is 0 Å². The fourth-order valence-electron chi connectivity index (χ4n) is 3.68. The van der Waals surface area contributed by atoms with E-state index in [1.807, 2.05) is 77.4 Å². The Kier molecular flexibility index (Phi) is 5.97. The van der Waals surface area contributed by atoms with Gasteiger partial charge in [0.25, 0.3) is 0 Å². The van der Waals surface area contributed by atoms with Gasteiger partial charge in [0.15, 0.2) is 0 Å². The molecule has 6 heteroatoms. The summed E-state index contributed by atoms with van der Waals surface area (Å²) in [6.07, 6.45) is 3.58. The van der Waals surface area contributed by atoms with Crippen LogP contribution >= 0.6 is 11.6 Å². The fraction of sp³-hybridized carbons (Fsp3) is 0.304. The van der Waals surface area contributed by atoms with Gasteiger partial charge >= 0.3 is 0 Å². The van der Waals surface area contributed by atoms with Crippen LogP contribution < -0.4 is 0 Å². The van der Waals surface area contributed by atoms with E-state index in [2.05, 4.69) is 0 Å². The number of carbonyl (C=O) groups excluding carboxylic acids is 1. The molecule has 1 amide bonds. The third-order valence-corrected chi connectivity index (χ3v) is 5.53. The van der Waals surface area contributed by atoms with Crippen molar-refractivity contribution >= 4 is 17.5 Å². The van der Waals surface area contributed by atoms with E-state index >= 15 is 0 Å². The number of amides is 1. The lowest BCUT2D eigenvalue weighted by atomic mass is 9.98. The summed E-state index contributed by atoms with van der Waals surface area (Å²) >= 11 is 6.06. The van der Waals surface area contributed by atoms with Gasteiger partial charge in [0.2, 0.25) is 5.91 Å². The lowest BCUT2D eigenvalue weighted by Crippen LogP contribution is -2.35. The fourth-order valence-corrected chi connectivity index (χ4v) is 3.80. The van der Waals surface area contributed by atoms with E-state index in [4.69, 9.17) is 21.4 Å². The summed E-state index contributed by atoms with van der Waals surface area (Å²) < 4.78 is 7.26. The summed E-state index contributed by atoms with van der Waals surface area (Å²) in [5, 5.41) is 5.51. The van der Waals surface area contributed by atoms with Gasteiger partial charge in [0, 0.05) is 55.1 Å². The minimum Gasteiger partial charge on any atom is -0.381 e. The van der Waals surface area contributed by atoms with E-state index in [0.717, 1.165) is 35.3 Å². The Balaban J connectivity index is 1.64. The van der Waals surface area contributed by atoms with Crippen molar-refractivity contribution < 1.29 is 9.53 Å². The first-order valence-corrected chi connectivity index (χ1v) is 10.2. The molecule has 2 aromatic carbocycles. The number of ether oxygens (including phenoxy) is 1. The standard InChI is InChI=1S/C23H24ClN3O2/c1-26(23(28)18-11-13-29-14-12-18)15-19-16-27(21-5-3-2-4-6-21)25-22(19)17-7-9-20(24)10-8-17/h2-10,16,18H,11-15H2,1H3. The van der Waals surface area contributed by atoms with Gasteiger partial charge in [-0.25, -0.2) is 4.68 Å². The molecule has 150 valence electrons. The van der Waals surface area contributed by atoms with Gasteiger partial charge in [-0.05, 0) is 37.1 Å². The molecule has 0 bridgehead atoms. The smallest absolute Gasteiger partial charge is 0.225 e. The second kappa shape index (κ2) is 8.80. The number of aromatic nitrogens is 2. The highest BCUT2D eigenvalue weighted by molar-refractivity contribution is 6.30. The summed E-state index contributed by atoms with van der Waals surface area (Å²) in [5.41, 5.74) is 3.81. The number of halogens is 1. The molecule has 0 unspecified atom stereocenters. The first kappa shape index (κ1) is 19.7. The number of benzene rings is 2. The van der Waals surface area contributed by atoms with Crippen molar-refractivity contribution in [3.63, 3.8) is 0 Å². The number of para-hydroxylation sites is 1. The predicted octanol–water partition coefficient (Wildman–Crippen LogP) is 4.58. The number of carbonyl (C=O) groups is 1. The number of hydrogen-bond donors (Lipinski definition) is 0. The largest absolute Gasteiger partial charge is 0.381 e. The zero-order chi connectivity index (χ0) is 20.2. The van der Waals surface area contributed by atoms with Crippen LogP contribution in [0.1, 0.15) is 18.4 Å². The van der Waals surface area contributed by atoms with Crippen LogP contribution in [-0.2, 0) is 16.1 Å². The molecule has 5 nitrogen and oxygen atoms in total. The van der Waals surface area contributed by atoms with Crippen LogP contribution in [0.2, 0.25) is 5.02 Å². The summed E-state index contributed by atoms with van der Waals surface area (Å²) in [7, 11) is 1.86. The Morgan fingerprint density at radius 1 is 1.14 bits per heavy atom. The Morgan fingerprint density at radius 3 is 2.52 bits per heavy atom. The van der Waals surface area contributed by atoms with Crippen molar-refractivity contribution in [3.8, 4) is 16.9 Å². The minimum absolute atomic E-state index is 0.0388. The highest BCUT2D eigenvalue weighted by atomic mass is 35.5. The van der Waals surface area contributed by atoms with Gasteiger partial charge in [-0.2, -0.15) is 5.10 Å². The molecule has 0 atom stereocenters. The zero-order valence-electron chi connectivity index (χ0n) is 16.4. The molecule has 1 aliphatic rings. The van der Waals surface area contributed by atoms with Crippen LogP contribution in [0.4, 0.5) is 0 Å².